The SMILES string of the molecule is CCCOCn1cc(F)c2c(Oc3ccc(CC(NC(=O)OC(C)(C)C)C(=O)OC)cc3)ccnc21. The molecule has 0 aliphatic rings. The van der Waals surface area contributed by atoms with Crippen LogP contribution >= 0.6 is 0 Å². The number of ether oxygens (including phenoxy) is 4. The predicted octanol–water partition coefficient (Wildman–Crippen LogP) is 4.96. The van der Waals surface area contributed by atoms with Crippen LogP contribution in [0.2, 0.25) is 0 Å². The molecule has 0 spiro atoms. The van der Waals surface area contributed by atoms with Gasteiger partial charge in [-0.1, -0.05) is 19.1 Å². The average Bonchev–Trinajstić information content (AvgIpc) is 3.14. The number of nitrogens with zero attached hydrogens (tertiary/aromatic N) is 2. The van der Waals surface area contributed by atoms with Crippen LogP contribution in [0.25, 0.3) is 11.0 Å². The zero-order valence-electron chi connectivity index (χ0n) is 21.2. The van der Waals surface area contributed by atoms with E-state index in [4.69, 9.17) is 18.9 Å². The van der Waals surface area contributed by atoms with Crippen molar-refractivity contribution in [2.45, 2.75) is 58.9 Å². The lowest BCUT2D eigenvalue weighted by Crippen LogP contribution is -2.45. The van der Waals surface area contributed by atoms with Crippen molar-refractivity contribution in [3.63, 3.8) is 0 Å². The van der Waals surface area contributed by atoms with E-state index in [1.165, 1.54) is 13.3 Å². The minimum Gasteiger partial charge on any atom is -0.467 e. The number of esters is 1. The molecule has 2 heterocycles. The van der Waals surface area contributed by atoms with E-state index in [0.717, 1.165) is 12.0 Å². The topological polar surface area (TPSA) is 101 Å². The van der Waals surface area contributed by atoms with E-state index < -0.39 is 29.5 Å². The maximum atomic E-state index is 14.7. The molecule has 36 heavy (non-hydrogen) atoms. The predicted molar refractivity (Wildman–Crippen MR) is 131 cm³/mol. The lowest BCUT2D eigenvalue weighted by molar-refractivity contribution is -0.143. The van der Waals surface area contributed by atoms with Gasteiger partial charge in [0.2, 0.25) is 0 Å². The second-order valence-corrected chi connectivity index (χ2v) is 9.16. The average molecular weight is 502 g/mol. The van der Waals surface area contributed by atoms with Crippen molar-refractivity contribution < 1.29 is 32.9 Å². The third-order valence-corrected chi connectivity index (χ3v) is 5.02. The van der Waals surface area contributed by atoms with E-state index in [1.807, 2.05) is 6.92 Å². The Balaban J connectivity index is 1.73. The first-order chi connectivity index (χ1) is 17.1. The molecule has 2 aromatic heterocycles. The molecular formula is C26H32FN3O6. The minimum absolute atomic E-state index is 0.181. The van der Waals surface area contributed by atoms with Crippen LogP contribution in [0.4, 0.5) is 9.18 Å². The summed E-state index contributed by atoms with van der Waals surface area (Å²) >= 11 is 0. The zero-order valence-corrected chi connectivity index (χ0v) is 21.2. The number of fused-ring (bicyclic) bond motifs is 1. The van der Waals surface area contributed by atoms with Gasteiger partial charge in [-0.3, -0.25) is 0 Å². The number of carbonyl (C=O) groups excluding carboxylic acids is 2. The van der Waals surface area contributed by atoms with Crippen LogP contribution in [-0.2, 0) is 32.2 Å². The summed E-state index contributed by atoms with van der Waals surface area (Å²) in [5.74, 6) is -0.268. The zero-order chi connectivity index (χ0) is 26.3. The van der Waals surface area contributed by atoms with Crippen LogP contribution in [0, 0.1) is 5.82 Å². The van der Waals surface area contributed by atoms with E-state index in [-0.39, 0.29) is 18.5 Å². The molecule has 0 fully saturated rings. The third kappa shape index (κ3) is 7.17. The van der Waals surface area contributed by atoms with Gasteiger partial charge in [-0.25, -0.2) is 19.0 Å². The second kappa shape index (κ2) is 11.9. The molecule has 1 atom stereocenters. The van der Waals surface area contributed by atoms with Gasteiger partial charge < -0.3 is 28.8 Å². The quantitative estimate of drug-likeness (QED) is 0.309. The van der Waals surface area contributed by atoms with Crippen molar-refractivity contribution in [1.82, 2.24) is 14.9 Å². The van der Waals surface area contributed by atoms with Crippen molar-refractivity contribution in [3.05, 3.63) is 54.1 Å². The number of amides is 1. The Hall–Kier alpha value is -3.66. The molecule has 0 bridgehead atoms. The number of methoxy groups -OCH3 is 1. The normalized spacial score (nSPS) is 12.3. The van der Waals surface area contributed by atoms with Crippen LogP contribution in [0.3, 0.4) is 0 Å². The van der Waals surface area contributed by atoms with Crippen LogP contribution in [0.15, 0.2) is 42.7 Å². The summed E-state index contributed by atoms with van der Waals surface area (Å²) in [4.78, 5) is 28.6. The summed E-state index contributed by atoms with van der Waals surface area (Å²) in [5.41, 5.74) is 0.469. The van der Waals surface area contributed by atoms with E-state index >= 15 is 0 Å². The summed E-state index contributed by atoms with van der Waals surface area (Å²) in [5, 5.41) is 2.80. The molecule has 0 saturated carbocycles. The lowest BCUT2D eigenvalue weighted by atomic mass is 10.1. The van der Waals surface area contributed by atoms with Gasteiger partial charge in [0.05, 0.1) is 12.5 Å². The van der Waals surface area contributed by atoms with Crippen molar-refractivity contribution >= 4 is 23.1 Å². The molecule has 1 N–H and O–H groups in total. The second-order valence-electron chi connectivity index (χ2n) is 9.16. The highest BCUT2D eigenvalue weighted by atomic mass is 19.1. The fourth-order valence-corrected chi connectivity index (χ4v) is 3.47. The summed E-state index contributed by atoms with van der Waals surface area (Å²) in [7, 11) is 1.25. The van der Waals surface area contributed by atoms with E-state index in [9.17, 15) is 14.0 Å². The van der Waals surface area contributed by atoms with Gasteiger partial charge >= 0.3 is 12.1 Å². The van der Waals surface area contributed by atoms with Crippen molar-refractivity contribution in [1.29, 1.82) is 0 Å². The monoisotopic (exact) mass is 501 g/mol. The highest BCUT2D eigenvalue weighted by molar-refractivity contribution is 5.84. The molecule has 1 aromatic carbocycles. The molecule has 1 amide bonds. The maximum absolute atomic E-state index is 14.7. The van der Waals surface area contributed by atoms with Crippen LogP contribution in [0.1, 0.15) is 39.7 Å². The summed E-state index contributed by atoms with van der Waals surface area (Å²) < 4.78 is 37.8. The molecular weight excluding hydrogens is 469 g/mol. The largest absolute Gasteiger partial charge is 0.467 e. The number of aromatic nitrogens is 2. The first kappa shape index (κ1) is 26.9. The number of nitrogens with one attached hydrogen (secondary N) is 1. The van der Waals surface area contributed by atoms with E-state index in [1.54, 1.807) is 61.9 Å². The molecule has 1 unspecified atom stereocenters. The number of hydrogen-bond donors (Lipinski definition) is 1. The van der Waals surface area contributed by atoms with Crippen LogP contribution in [0.5, 0.6) is 11.5 Å². The Morgan fingerprint density at radius 1 is 1.17 bits per heavy atom. The van der Waals surface area contributed by atoms with Gasteiger partial charge in [0.15, 0.2) is 5.82 Å². The van der Waals surface area contributed by atoms with Crippen molar-refractivity contribution in [2.75, 3.05) is 13.7 Å². The lowest BCUT2D eigenvalue weighted by Gasteiger charge is -2.22. The highest BCUT2D eigenvalue weighted by Crippen LogP contribution is 2.32. The smallest absolute Gasteiger partial charge is 0.408 e. The Morgan fingerprint density at radius 3 is 2.53 bits per heavy atom. The van der Waals surface area contributed by atoms with Gasteiger partial charge in [-0.15, -0.1) is 0 Å². The maximum Gasteiger partial charge on any atom is 0.408 e. The Kier molecular flexibility index (Phi) is 8.87. The van der Waals surface area contributed by atoms with Gasteiger partial charge in [0, 0.05) is 31.5 Å². The van der Waals surface area contributed by atoms with Crippen molar-refractivity contribution in [3.8, 4) is 11.5 Å². The minimum atomic E-state index is -0.930. The summed E-state index contributed by atoms with van der Waals surface area (Å²) in [6.45, 7) is 7.95. The van der Waals surface area contributed by atoms with E-state index in [2.05, 4.69) is 10.3 Å². The van der Waals surface area contributed by atoms with Gasteiger partial charge in [-0.2, -0.15) is 0 Å². The number of hydrogen-bond acceptors (Lipinski definition) is 7. The van der Waals surface area contributed by atoms with E-state index in [0.29, 0.717) is 23.8 Å². The summed E-state index contributed by atoms with van der Waals surface area (Å²) in [6.07, 6.45) is 3.21. The number of carbonyl (C=O) groups is 2. The standard InChI is InChI=1S/C26H32FN3O6/c1-6-13-34-16-30-15-19(27)22-21(11-12-28-23(22)30)35-18-9-7-17(8-10-18)14-20(24(31)33-5)29-25(32)36-26(2,3)4/h7-12,15,20H,6,13-14,16H2,1-5H3,(H,29,32). The molecule has 0 aliphatic heterocycles. The molecule has 194 valence electrons. The fraction of sp³-hybridized carbons (Fsp3) is 0.423. The Labute approximate surface area is 209 Å². The summed E-state index contributed by atoms with van der Waals surface area (Å²) in [6, 6.07) is 7.56. The van der Waals surface area contributed by atoms with Gasteiger partial charge in [0.1, 0.15) is 35.5 Å². The fourth-order valence-electron chi connectivity index (χ4n) is 3.47. The molecule has 3 rings (SSSR count). The number of halogens is 1. The van der Waals surface area contributed by atoms with Gasteiger partial charge in [0.25, 0.3) is 0 Å². The van der Waals surface area contributed by atoms with Gasteiger partial charge in [-0.05, 0) is 44.9 Å². The molecule has 0 radical (unpaired) electrons. The molecule has 0 aliphatic carbocycles. The molecule has 9 nitrogen and oxygen atoms in total. The number of benzene rings is 1. The van der Waals surface area contributed by atoms with Crippen LogP contribution in [-0.4, -0.2) is 47.0 Å². The Bertz CT molecular complexity index is 1190. The first-order valence-electron chi connectivity index (χ1n) is 11.7. The molecule has 3 aromatic rings. The highest BCUT2D eigenvalue weighted by Gasteiger charge is 2.25. The third-order valence-electron chi connectivity index (χ3n) is 5.02. The van der Waals surface area contributed by atoms with Crippen LogP contribution < -0.4 is 10.1 Å². The number of alkyl carbamates (subject to hydrolysis) is 1. The molecule has 0 saturated heterocycles. The first-order valence-corrected chi connectivity index (χ1v) is 11.7. The number of rotatable bonds is 10. The number of pyridine rings is 1. The van der Waals surface area contributed by atoms with Crippen molar-refractivity contribution in [2.24, 2.45) is 0 Å². The molecule has 10 heteroatoms. The Morgan fingerprint density at radius 2 is 1.89 bits per heavy atom.